The lowest BCUT2D eigenvalue weighted by atomic mass is 10.1. The summed E-state index contributed by atoms with van der Waals surface area (Å²) in [6.45, 7) is 11.1. The number of halogens is 1. The van der Waals surface area contributed by atoms with Crippen molar-refractivity contribution in [3.05, 3.63) is 71.0 Å². The molecule has 1 aromatic carbocycles. The van der Waals surface area contributed by atoms with E-state index in [2.05, 4.69) is 46.2 Å². The van der Waals surface area contributed by atoms with Crippen LogP contribution in [0.4, 0.5) is 4.39 Å². The molecule has 0 saturated carbocycles. The van der Waals surface area contributed by atoms with E-state index in [-0.39, 0.29) is 24.2 Å². The van der Waals surface area contributed by atoms with Gasteiger partial charge in [-0.3, -0.25) is 4.79 Å². The number of benzene rings is 1. The number of carbonyl (C=O) groups is 1. The summed E-state index contributed by atoms with van der Waals surface area (Å²) in [5, 5.41) is 4.63. The van der Waals surface area contributed by atoms with Crippen LogP contribution in [0.3, 0.4) is 0 Å². The Hall–Kier alpha value is -3.22. The summed E-state index contributed by atoms with van der Waals surface area (Å²) in [6.07, 6.45) is 11.0. The Morgan fingerprint density at radius 2 is 1.88 bits per heavy atom. The van der Waals surface area contributed by atoms with Crippen LogP contribution >= 0.6 is 0 Å². The van der Waals surface area contributed by atoms with E-state index >= 15 is 0 Å². The van der Waals surface area contributed by atoms with Gasteiger partial charge in [-0.15, -0.1) is 0 Å². The lowest BCUT2D eigenvalue weighted by Crippen LogP contribution is -2.49. The molecular weight excluding hydrogens is 429 g/mol. The SMILES string of the molecule is CC1=CC(N2CCN(C(=O)Cn3nc(-c4ccc(F)c(C)c4)nc3C(C)C)CC2)=CCCC=C1. The zero-order valence-electron chi connectivity index (χ0n) is 20.6. The van der Waals surface area contributed by atoms with Crippen LogP contribution in [0.15, 0.2) is 53.8 Å². The fourth-order valence-corrected chi connectivity index (χ4v) is 4.40. The smallest absolute Gasteiger partial charge is 0.244 e. The van der Waals surface area contributed by atoms with E-state index in [4.69, 9.17) is 0 Å². The van der Waals surface area contributed by atoms with Gasteiger partial charge in [0.1, 0.15) is 18.2 Å². The third-order valence-electron chi connectivity index (χ3n) is 6.36. The molecule has 180 valence electrons. The van der Waals surface area contributed by atoms with E-state index in [1.807, 2.05) is 18.7 Å². The highest BCUT2D eigenvalue weighted by Gasteiger charge is 2.24. The average Bonchev–Trinajstić information content (AvgIpc) is 3.22. The Balaban J connectivity index is 1.44. The second-order valence-corrected chi connectivity index (χ2v) is 9.43. The predicted molar refractivity (Wildman–Crippen MR) is 133 cm³/mol. The van der Waals surface area contributed by atoms with Crippen LogP contribution in [0, 0.1) is 12.7 Å². The summed E-state index contributed by atoms with van der Waals surface area (Å²) in [5.74, 6) is 1.20. The summed E-state index contributed by atoms with van der Waals surface area (Å²) in [7, 11) is 0. The van der Waals surface area contributed by atoms with Crippen molar-refractivity contribution in [3.8, 4) is 11.4 Å². The van der Waals surface area contributed by atoms with Crippen molar-refractivity contribution in [1.82, 2.24) is 24.6 Å². The molecule has 2 aromatic rings. The largest absolute Gasteiger partial charge is 0.368 e. The number of rotatable bonds is 5. The minimum absolute atomic E-state index is 0.0505. The van der Waals surface area contributed by atoms with E-state index in [1.54, 1.807) is 23.7 Å². The number of aromatic nitrogens is 3. The van der Waals surface area contributed by atoms with Gasteiger partial charge in [0, 0.05) is 43.4 Å². The molecule has 1 aromatic heterocycles. The number of piperazine rings is 1. The third-order valence-corrected chi connectivity index (χ3v) is 6.36. The van der Waals surface area contributed by atoms with Gasteiger partial charge in [-0.2, -0.15) is 5.10 Å². The van der Waals surface area contributed by atoms with Gasteiger partial charge in [0.05, 0.1) is 0 Å². The van der Waals surface area contributed by atoms with Crippen molar-refractivity contribution >= 4 is 5.91 Å². The van der Waals surface area contributed by atoms with Gasteiger partial charge < -0.3 is 9.80 Å². The highest BCUT2D eigenvalue weighted by molar-refractivity contribution is 5.76. The van der Waals surface area contributed by atoms with Gasteiger partial charge in [0.15, 0.2) is 5.82 Å². The molecule has 34 heavy (non-hydrogen) atoms. The van der Waals surface area contributed by atoms with Crippen molar-refractivity contribution < 1.29 is 9.18 Å². The molecule has 1 amide bonds. The average molecular weight is 464 g/mol. The normalized spacial score (nSPS) is 16.9. The van der Waals surface area contributed by atoms with Crippen LogP contribution < -0.4 is 0 Å². The molecule has 7 heteroatoms. The summed E-state index contributed by atoms with van der Waals surface area (Å²) in [6, 6.07) is 4.86. The standard InChI is InChI=1S/C27H34FN5O/c1-19(2)27-29-26(22-10-11-24(28)21(4)17-22)30-33(27)18-25(34)32-14-12-31(13-15-32)23-9-7-5-6-8-20(3)16-23/h6,8-11,16-17,19H,5,7,12-15,18H2,1-4H3. The lowest BCUT2D eigenvalue weighted by Gasteiger charge is -2.37. The Kier molecular flexibility index (Phi) is 7.29. The zero-order valence-corrected chi connectivity index (χ0v) is 20.6. The first-order valence-corrected chi connectivity index (χ1v) is 12.1. The summed E-state index contributed by atoms with van der Waals surface area (Å²) >= 11 is 0. The van der Waals surface area contributed by atoms with E-state index < -0.39 is 0 Å². The lowest BCUT2D eigenvalue weighted by molar-refractivity contribution is -0.133. The van der Waals surface area contributed by atoms with E-state index in [9.17, 15) is 9.18 Å². The van der Waals surface area contributed by atoms with Crippen molar-refractivity contribution in [3.63, 3.8) is 0 Å². The maximum Gasteiger partial charge on any atom is 0.244 e. The molecule has 0 radical (unpaired) electrons. The maximum atomic E-state index is 13.7. The van der Waals surface area contributed by atoms with Gasteiger partial charge in [0.2, 0.25) is 5.91 Å². The highest BCUT2D eigenvalue weighted by atomic mass is 19.1. The maximum absolute atomic E-state index is 13.7. The fraction of sp³-hybridized carbons (Fsp3) is 0.444. The minimum atomic E-state index is -0.251. The fourth-order valence-electron chi connectivity index (χ4n) is 4.40. The zero-order chi connectivity index (χ0) is 24.2. The van der Waals surface area contributed by atoms with E-state index in [0.29, 0.717) is 24.5 Å². The number of hydrogen-bond acceptors (Lipinski definition) is 4. The molecule has 1 saturated heterocycles. The molecule has 1 aliphatic heterocycles. The number of aryl methyl sites for hydroxylation is 1. The number of carbonyl (C=O) groups excluding carboxylic acids is 1. The van der Waals surface area contributed by atoms with Gasteiger partial charge in [-0.05, 0) is 62.1 Å². The molecule has 6 nitrogen and oxygen atoms in total. The van der Waals surface area contributed by atoms with Crippen LogP contribution in [-0.4, -0.2) is 56.7 Å². The molecule has 4 rings (SSSR count). The summed E-state index contributed by atoms with van der Waals surface area (Å²) in [4.78, 5) is 22.1. The predicted octanol–water partition coefficient (Wildman–Crippen LogP) is 4.84. The van der Waals surface area contributed by atoms with Crippen LogP contribution in [-0.2, 0) is 11.3 Å². The third kappa shape index (κ3) is 5.46. The summed E-state index contributed by atoms with van der Waals surface area (Å²) in [5.41, 5.74) is 3.82. The molecule has 0 unspecified atom stereocenters. The van der Waals surface area contributed by atoms with Gasteiger partial charge in [-0.1, -0.05) is 32.1 Å². The van der Waals surface area contributed by atoms with Gasteiger partial charge in [0.25, 0.3) is 0 Å². The quantitative estimate of drug-likeness (QED) is 0.637. The second kappa shape index (κ2) is 10.4. The van der Waals surface area contributed by atoms with Crippen LogP contribution in [0.1, 0.15) is 50.9 Å². The Bertz CT molecular complexity index is 1140. The van der Waals surface area contributed by atoms with Gasteiger partial charge >= 0.3 is 0 Å². The first-order chi connectivity index (χ1) is 16.3. The Morgan fingerprint density at radius 3 is 2.59 bits per heavy atom. The topological polar surface area (TPSA) is 54.3 Å². The molecule has 2 heterocycles. The minimum Gasteiger partial charge on any atom is -0.368 e. The van der Waals surface area contributed by atoms with Crippen molar-refractivity contribution in [1.29, 1.82) is 0 Å². The second-order valence-electron chi connectivity index (χ2n) is 9.43. The van der Waals surface area contributed by atoms with Crippen LogP contribution in [0.5, 0.6) is 0 Å². The van der Waals surface area contributed by atoms with Crippen molar-refractivity contribution in [2.24, 2.45) is 0 Å². The molecule has 1 aliphatic carbocycles. The molecule has 2 aliphatic rings. The molecule has 0 spiro atoms. The summed E-state index contributed by atoms with van der Waals surface area (Å²) < 4.78 is 15.4. The molecule has 0 atom stereocenters. The molecule has 0 N–H and O–H groups in total. The molecular formula is C27H34FN5O. The number of nitrogens with zero attached hydrogens (tertiary/aromatic N) is 5. The molecule has 1 fully saturated rings. The number of hydrogen-bond donors (Lipinski definition) is 0. The van der Waals surface area contributed by atoms with Gasteiger partial charge in [-0.25, -0.2) is 14.1 Å². The first-order valence-electron chi connectivity index (χ1n) is 12.1. The number of amides is 1. The monoisotopic (exact) mass is 463 g/mol. The van der Waals surface area contributed by atoms with Crippen LogP contribution in [0.2, 0.25) is 0 Å². The first kappa shape index (κ1) is 23.9. The molecule has 0 bridgehead atoms. The van der Waals surface area contributed by atoms with E-state index in [0.717, 1.165) is 37.3 Å². The Labute approximate surface area is 201 Å². The van der Waals surface area contributed by atoms with Crippen LogP contribution in [0.25, 0.3) is 11.4 Å². The Morgan fingerprint density at radius 1 is 1.12 bits per heavy atom. The van der Waals surface area contributed by atoms with E-state index in [1.165, 1.54) is 17.3 Å². The highest BCUT2D eigenvalue weighted by Crippen LogP contribution is 2.23. The van der Waals surface area contributed by atoms with Crippen molar-refractivity contribution in [2.45, 2.75) is 53.0 Å². The number of allylic oxidation sites excluding steroid dienone is 5. The van der Waals surface area contributed by atoms with Crippen molar-refractivity contribution in [2.75, 3.05) is 26.2 Å².